The first-order chi connectivity index (χ1) is 13.2. The average molecular weight is 369 g/mol. The fourth-order valence-corrected chi connectivity index (χ4v) is 3.09. The number of hydrogen-bond donors (Lipinski definition) is 0. The summed E-state index contributed by atoms with van der Waals surface area (Å²) in [6.07, 6.45) is 15.1. The topological polar surface area (TPSA) is 35.0 Å². The third-order valence-corrected chi connectivity index (χ3v) is 5.19. The molecule has 0 spiro atoms. The molecule has 0 bridgehead atoms. The van der Waals surface area contributed by atoms with E-state index >= 15 is 0 Å². The van der Waals surface area contributed by atoms with Crippen LogP contribution in [0.3, 0.4) is 0 Å². The van der Waals surface area contributed by atoms with Crippen LogP contribution in [0.1, 0.15) is 77.7 Å². The van der Waals surface area contributed by atoms with Gasteiger partial charge in [-0.25, -0.2) is 9.97 Å². The second-order valence-electron chi connectivity index (χ2n) is 7.61. The van der Waals surface area contributed by atoms with Crippen molar-refractivity contribution in [1.82, 2.24) is 9.97 Å². The number of aryl methyl sites for hydroxylation is 1. The van der Waals surface area contributed by atoms with Gasteiger partial charge < -0.3 is 4.74 Å². The number of aromatic nitrogens is 2. The van der Waals surface area contributed by atoms with E-state index in [-0.39, 0.29) is 0 Å². The number of ether oxygens (including phenoxy) is 1. The zero-order valence-corrected chi connectivity index (χ0v) is 17.4. The molecule has 0 saturated heterocycles. The molecule has 1 aromatic carbocycles. The molecule has 0 fully saturated rings. The van der Waals surface area contributed by atoms with Crippen LogP contribution in [0.25, 0.3) is 11.4 Å². The van der Waals surface area contributed by atoms with E-state index in [0.29, 0.717) is 0 Å². The molecule has 0 aliphatic rings. The quantitative estimate of drug-likeness (QED) is 0.362. The summed E-state index contributed by atoms with van der Waals surface area (Å²) in [5.74, 6) is 2.49. The van der Waals surface area contributed by atoms with Gasteiger partial charge in [-0.15, -0.1) is 0 Å². The largest absolute Gasteiger partial charge is 0.494 e. The van der Waals surface area contributed by atoms with Crippen molar-refractivity contribution in [2.75, 3.05) is 6.61 Å². The van der Waals surface area contributed by atoms with Gasteiger partial charge in [0.05, 0.1) is 6.61 Å². The number of rotatable bonds is 13. The molecule has 0 aliphatic carbocycles. The Kier molecular flexibility index (Phi) is 9.89. The Labute approximate surface area is 165 Å². The molecule has 1 heterocycles. The fraction of sp³-hybridized carbons (Fsp3) is 0.583. The van der Waals surface area contributed by atoms with Gasteiger partial charge >= 0.3 is 0 Å². The lowest BCUT2D eigenvalue weighted by atomic mass is 10.0. The summed E-state index contributed by atoms with van der Waals surface area (Å²) >= 11 is 0. The first-order valence-corrected chi connectivity index (χ1v) is 10.8. The minimum atomic E-state index is 0.785. The summed E-state index contributed by atoms with van der Waals surface area (Å²) in [4.78, 5) is 9.09. The van der Waals surface area contributed by atoms with E-state index in [2.05, 4.69) is 30.7 Å². The van der Waals surface area contributed by atoms with Crippen molar-refractivity contribution in [2.24, 2.45) is 5.92 Å². The lowest BCUT2D eigenvalue weighted by Crippen LogP contribution is -2.01. The van der Waals surface area contributed by atoms with Crippen LogP contribution < -0.4 is 4.74 Å². The molecule has 2 aromatic rings. The van der Waals surface area contributed by atoms with Crippen LogP contribution >= 0.6 is 0 Å². The van der Waals surface area contributed by atoms with Crippen LogP contribution in [0, 0.1) is 5.92 Å². The highest BCUT2D eigenvalue weighted by Gasteiger charge is 2.04. The van der Waals surface area contributed by atoms with E-state index in [0.717, 1.165) is 42.5 Å². The third-order valence-electron chi connectivity index (χ3n) is 5.19. The summed E-state index contributed by atoms with van der Waals surface area (Å²) < 4.78 is 5.84. The summed E-state index contributed by atoms with van der Waals surface area (Å²) in [6, 6.07) is 8.13. The van der Waals surface area contributed by atoms with Crippen LogP contribution in [0.15, 0.2) is 36.7 Å². The van der Waals surface area contributed by atoms with Gasteiger partial charge in [0.1, 0.15) is 5.75 Å². The van der Waals surface area contributed by atoms with E-state index in [4.69, 9.17) is 4.74 Å². The minimum Gasteiger partial charge on any atom is -0.494 e. The molecule has 0 radical (unpaired) electrons. The molecule has 3 nitrogen and oxygen atoms in total. The van der Waals surface area contributed by atoms with Crippen LogP contribution in [0.4, 0.5) is 0 Å². The molecule has 3 heteroatoms. The van der Waals surface area contributed by atoms with Gasteiger partial charge in [-0.1, -0.05) is 52.9 Å². The third kappa shape index (κ3) is 8.11. The highest BCUT2D eigenvalue weighted by molar-refractivity contribution is 5.55. The van der Waals surface area contributed by atoms with E-state index in [1.165, 1.54) is 50.5 Å². The lowest BCUT2D eigenvalue weighted by Gasteiger charge is -2.10. The summed E-state index contributed by atoms with van der Waals surface area (Å²) in [6.45, 7) is 7.57. The van der Waals surface area contributed by atoms with Crippen LogP contribution in [0.5, 0.6) is 5.75 Å². The van der Waals surface area contributed by atoms with Gasteiger partial charge in [0.25, 0.3) is 0 Å². The van der Waals surface area contributed by atoms with Crippen LogP contribution in [-0.2, 0) is 6.42 Å². The maximum Gasteiger partial charge on any atom is 0.159 e. The number of unbranched alkanes of at least 4 members (excludes halogenated alkanes) is 4. The van der Waals surface area contributed by atoms with Gasteiger partial charge in [-0.05, 0) is 61.4 Å². The smallest absolute Gasteiger partial charge is 0.159 e. The summed E-state index contributed by atoms with van der Waals surface area (Å²) in [7, 11) is 0. The predicted molar refractivity (Wildman–Crippen MR) is 114 cm³/mol. The summed E-state index contributed by atoms with van der Waals surface area (Å²) in [5, 5.41) is 0. The summed E-state index contributed by atoms with van der Waals surface area (Å²) in [5.41, 5.74) is 2.27. The Morgan fingerprint density at radius 2 is 1.59 bits per heavy atom. The molecule has 1 unspecified atom stereocenters. The number of hydrogen-bond acceptors (Lipinski definition) is 3. The molecule has 27 heavy (non-hydrogen) atoms. The van der Waals surface area contributed by atoms with Gasteiger partial charge in [-0.3, -0.25) is 0 Å². The van der Waals surface area contributed by atoms with Crippen molar-refractivity contribution in [2.45, 2.75) is 78.6 Å². The standard InChI is InChI=1S/C24H36N2O/c1-4-6-7-8-9-12-21-18-25-24(26-19-21)22-13-15-23(16-14-22)27-17-10-11-20(3)5-2/h13-16,18-20H,4-12,17H2,1-3H3. The zero-order chi connectivity index (χ0) is 19.3. The van der Waals surface area contributed by atoms with Crippen molar-refractivity contribution in [3.05, 3.63) is 42.2 Å². The normalized spacial score (nSPS) is 12.1. The Balaban J connectivity index is 1.77. The Morgan fingerprint density at radius 3 is 2.26 bits per heavy atom. The van der Waals surface area contributed by atoms with Gasteiger partial charge in [0, 0.05) is 18.0 Å². The molecule has 2 rings (SSSR count). The Bertz CT molecular complexity index is 622. The van der Waals surface area contributed by atoms with Gasteiger partial charge in [-0.2, -0.15) is 0 Å². The molecule has 0 N–H and O–H groups in total. The van der Waals surface area contributed by atoms with E-state index in [9.17, 15) is 0 Å². The predicted octanol–water partition coefficient (Wildman–Crippen LogP) is 6.86. The van der Waals surface area contributed by atoms with Crippen molar-refractivity contribution in [1.29, 1.82) is 0 Å². The first kappa shape index (κ1) is 21.4. The van der Waals surface area contributed by atoms with Crippen molar-refractivity contribution >= 4 is 0 Å². The number of benzene rings is 1. The number of nitrogens with zero attached hydrogens (tertiary/aromatic N) is 2. The highest BCUT2D eigenvalue weighted by Crippen LogP contribution is 2.20. The molecule has 0 saturated carbocycles. The molecular weight excluding hydrogens is 332 g/mol. The van der Waals surface area contributed by atoms with Crippen molar-refractivity contribution in [3.8, 4) is 17.1 Å². The average Bonchev–Trinajstić information content (AvgIpc) is 2.72. The SMILES string of the molecule is CCCCCCCc1cnc(-c2ccc(OCCCC(C)CC)cc2)nc1. The second kappa shape index (κ2) is 12.5. The second-order valence-corrected chi connectivity index (χ2v) is 7.61. The van der Waals surface area contributed by atoms with Crippen LogP contribution in [-0.4, -0.2) is 16.6 Å². The van der Waals surface area contributed by atoms with Crippen molar-refractivity contribution < 1.29 is 4.74 Å². The maximum absolute atomic E-state index is 5.84. The maximum atomic E-state index is 5.84. The molecule has 0 amide bonds. The molecule has 0 aliphatic heterocycles. The lowest BCUT2D eigenvalue weighted by molar-refractivity contribution is 0.294. The molecule has 148 valence electrons. The highest BCUT2D eigenvalue weighted by atomic mass is 16.5. The fourth-order valence-electron chi connectivity index (χ4n) is 3.09. The van der Waals surface area contributed by atoms with Crippen molar-refractivity contribution in [3.63, 3.8) is 0 Å². The van der Waals surface area contributed by atoms with E-state index < -0.39 is 0 Å². The Morgan fingerprint density at radius 1 is 0.889 bits per heavy atom. The molecule has 1 atom stereocenters. The monoisotopic (exact) mass is 368 g/mol. The molecular formula is C24H36N2O. The molecule has 1 aromatic heterocycles. The minimum absolute atomic E-state index is 0.785. The first-order valence-electron chi connectivity index (χ1n) is 10.8. The van der Waals surface area contributed by atoms with E-state index in [1.54, 1.807) is 0 Å². The van der Waals surface area contributed by atoms with Gasteiger partial charge in [0.2, 0.25) is 0 Å². The van der Waals surface area contributed by atoms with Crippen LogP contribution in [0.2, 0.25) is 0 Å². The zero-order valence-electron chi connectivity index (χ0n) is 17.4. The van der Waals surface area contributed by atoms with Gasteiger partial charge in [0.15, 0.2) is 5.82 Å². The van der Waals surface area contributed by atoms with E-state index in [1.807, 2.05) is 36.7 Å². The Hall–Kier alpha value is -1.90.